The first-order chi connectivity index (χ1) is 9.65. The molecule has 0 spiro atoms. The van der Waals surface area contributed by atoms with Crippen molar-refractivity contribution in [1.29, 1.82) is 0 Å². The maximum atomic E-state index is 12.6. The number of hydrogen-bond donors (Lipinski definition) is 0. The third-order valence-corrected chi connectivity index (χ3v) is 3.78. The van der Waals surface area contributed by atoms with Gasteiger partial charge in [0.05, 0.1) is 24.3 Å². The fraction of sp³-hybridized carbons (Fsp3) is 0.500. The van der Waals surface area contributed by atoms with Crippen molar-refractivity contribution in [3.8, 4) is 0 Å². The van der Waals surface area contributed by atoms with Gasteiger partial charge in [-0.25, -0.2) is 0 Å². The molecule has 0 unspecified atom stereocenters. The van der Waals surface area contributed by atoms with Gasteiger partial charge in [0.2, 0.25) is 0 Å². The molecule has 1 fully saturated rings. The molecule has 1 aliphatic rings. The molecule has 2 aromatic rings. The van der Waals surface area contributed by atoms with E-state index in [0.717, 1.165) is 25.1 Å². The van der Waals surface area contributed by atoms with Crippen molar-refractivity contribution in [2.45, 2.75) is 39.3 Å². The number of aryl methyl sites for hydroxylation is 2. The van der Waals surface area contributed by atoms with Crippen LogP contribution in [0.3, 0.4) is 0 Å². The number of aromatic nitrogens is 3. The average Bonchev–Trinajstić information content (AvgIpc) is 3.11. The number of rotatable bonds is 3. The van der Waals surface area contributed by atoms with Crippen molar-refractivity contribution in [3.05, 3.63) is 35.5 Å². The van der Waals surface area contributed by atoms with E-state index in [-0.39, 0.29) is 11.9 Å². The Kier molecular flexibility index (Phi) is 3.30. The standard InChI is InChI=1S/C14H18N4O2/c1-10-8-13(11(2)20-10)14(19)18-6-3-4-12(18)9-17-7-5-15-16-17/h5,7-8,12H,3-4,6,9H2,1-2H3/t12-/m0/s1. The predicted octanol–water partition coefficient (Wildman–Crippen LogP) is 1.79. The number of carbonyl (C=O) groups is 1. The molecule has 1 atom stereocenters. The third-order valence-electron chi connectivity index (χ3n) is 3.78. The number of nitrogens with zero attached hydrogens (tertiary/aromatic N) is 4. The third kappa shape index (κ3) is 2.33. The van der Waals surface area contributed by atoms with Gasteiger partial charge < -0.3 is 9.32 Å². The molecule has 0 aliphatic carbocycles. The summed E-state index contributed by atoms with van der Waals surface area (Å²) < 4.78 is 7.24. The molecule has 2 aromatic heterocycles. The SMILES string of the molecule is Cc1cc(C(=O)N2CCC[C@H]2Cn2ccnn2)c(C)o1. The molecule has 6 nitrogen and oxygen atoms in total. The molecule has 3 heterocycles. The highest BCUT2D eigenvalue weighted by Gasteiger charge is 2.31. The zero-order chi connectivity index (χ0) is 14.1. The molecule has 3 rings (SSSR count). The minimum atomic E-state index is 0.0574. The first-order valence-corrected chi connectivity index (χ1v) is 6.87. The van der Waals surface area contributed by atoms with Crippen LogP contribution >= 0.6 is 0 Å². The van der Waals surface area contributed by atoms with Gasteiger partial charge in [-0.15, -0.1) is 5.10 Å². The summed E-state index contributed by atoms with van der Waals surface area (Å²) in [6.45, 7) is 5.19. The van der Waals surface area contributed by atoms with E-state index in [4.69, 9.17) is 4.42 Å². The van der Waals surface area contributed by atoms with Gasteiger partial charge in [0.25, 0.3) is 5.91 Å². The maximum Gasteiger partial charge on any atom is 0.257 e. The van der Waals surface area contributed by atoms with Gasteiger partial charge in [0.15, 0.2) is 0 Å². The fourth-order valence-electron chi connectivity index (χ4n) is 2.84. The summed E-state index contributed by atoms with van der Waals surface area (Å²) in [5.41, 5.74) is 0.674. The molecule has 6 heteroatoms. The summed E-state index contributed by atoms with van der Waals surface area (Å²) in [7, 11) is 0. The number of furan rings is 1. The maximum absolute atomic E-state index is 12.6. The van der Waals surface area contributed by atoms with Crippen LogP contribution in [0.1, 0.15) is 34.7 Å². The summed E-state index contributed by atoms with van der Waals surface area (Å²) in [5, 5.41) is 7.78. The van der Waals surface area contributed by atoms with Crippen LogP contribution in [0.5, 0.6) is 0 Å². The normalized spacial score (nSPS) is 18.7. The van der Waals surface area contributed by atoms with E-state index in [1.165, 1.54) is 0 Å². The minimum absolute atomic E-state index is 0.0574. The second-order valence-electron chi connectivity index (χ2n) is 5.25. The molecule has 106 valence electrons. The van der Waals surface area contributed by atoms with Crippen LogP contribution in [0.25, 0.3) is 0 Å². The second kappa shape index (κ2) is 5.11. The van der Waals surface area contributed by atoms with Gasteiger partial charge in [-0.3, -0.25) is 9.48 Å². The topological polar surface area (TPSA) is 64.2 Å². The molecular formula is C14H18N4O2. The van der Waals surface area contributed by atoms with E-state index in [1.54, 1.807) is 10.9 Å². The van der Waals surface area contributed by atoms with E-state index in [2.05, 4.69) is 10.3 Å². The molecular weight excluding hydrogens is 256 g/mol. The molecule has 1 amide bonds. The highest BCUT2D eigenvalue weighted by Crippen LogP contribution is 2.24. The van der Waals surface area contributed by atoms with Crippen LogP contribution in [0, 0.1) is 13.8 Å². The molecule has 0 N–H and O–H groups in total. The average molecular weight is 274 g/mol. The summed E-state index contributed by atoms with van der Waals surface area (Å²) >= 11 is 0. The van der Waals surface area contributed by atoms with Gasteiger partial charge in [0.1, 0.15) is 11.5 Å². The van der Waals surface area contributed by atoms with Crippen LogP contribution in [-0.2, 0) is 6.54 Å². The molecule has 0 bridgehead atoms. The van der Waals surface area contributed by atoms with Crippen LogP contribution in [-0.4, -0.2) is 38.4 Å². The lowest BCUT2D eigenvalue weighted by atomic mass is 10.2. The molecule has 0 saturated carbocycles. The first-order valence-electron chi connectivity index (χ1n) is 6.87. The van der Waals surface area contributed by atoms with Gasteiger partial charge in [0, 0.05) is 12.7 Å². The lowest BCUT2D eigenvalue weighted by molar-refractivity contribution is 0.0719. The van der Waals surface area contributed by atoms with Gasteiger partial charge in [-0.05, 0) is 32.8 Å². The number of carbonyl (C=O) groups excluding carboxylic acids is 1. The van der Waals surface area contributed by atoms with Crippen LogP contribution in [0.4, 0.5) is 0 Å². The number of hydrogen-bond acceptors (Lipinski definition) is 4. The monoisotopic (exact) mass is 274 g/mol. The van der Waals surface area contributed by atoms with Gasteiger partial charge in [-0.2, -0.15) is 0 Å². The Morgan fingerprint density at radius 2 is 2.35 bits per heavy atom. The van der Waals surface area contributed by atoms with E-state index in [9.17, 15) is 4.79 Å². The Morgan fingerprint density at radius 1 is 1.50 bits per heavy atom. The summed E-state index contributed by atoms with van der Waals surface area (Å²) in [6, 6.07) is 2.00. The number of likely N-dealkylation sites (tertiary alicyclic amines) is 1. The van der Waals surface area contributed by atoms with Crippen LogP contribution in [0.2, 0.25) is 0 Å². The van der Waals surface area contributed by atoms with Crippen LogP contribution in [0.15, 0.2) is 22.9 Å². The highest BCUT2D eigenvalue weighted by molar-refractivity contribution is 5.95. The Morgan fingerprint density at radius 3 is 3.00 bits per heavy atom. The predicted molar refractivity (Wildman–Crippen MR) is 72.3 cm³/mol. The Bertz CT molecular complexity index is 603. The molecule has 1 aliphatic heterocycles. The quantitative estimate of drug-likeness (QED) is 0.856. The van der Waals surface area contributed by atoms with Crippen molar-refractivity contribution in [3.63, 3.8) is 0 Å². The second-order valence-corrected chi connectivity index (χ2v) is 5.25. The Balaban J connectivity index is 1.78. The highest BCUT2D eigenvalue weighted by atomic mass is 16.3. The molecule has 20 heavy (non-hydrogen) atoms. The minimum Gasteiger partial charge on any atom is -0.466 e. The Hall–Kier alpha value is -2.11. The van der Waals surface area contributed by atoms with Gasteiger partial charge >= 0.3 is 0 Å². The van der Waals surface area contributed by atoms with E-state index in [0.29, 0.717) is 17.9 Å². The Labute approximate surface area is 117 Å². The van der Waals surface area contributed by atoms with Crippen molar-refractivity contribution in [2.75, 3.05) is 6.54 Å². The summed E-state index contributed by atoms with van der Waals surface area (Å²) in [4.78, 5) is 14.6. The largest absolute Gasteiger partial charge is 0.466 e. The van der Waals surface area contributed by atoms with E-state index < -0.39 is 0 Å². The zero-order valence-corrected chi connectivity index (χ0v) is 11.7. The van der Waals surface area contributed by atoms with Crippen molar-refractivity contribution in [1.82, 2.24) is 19.9 Å². The molecule has 0 radical (unpaired) electrons. The number of amides is 1. The zero-order valence-electron chi connectivity index (χ0n) is 11.7. The van der Waals surface area contributed by atoms with E-state index in [1.807, 2.05) is 31.0 Å². The van der Waals surface area contributed by atoms with Gasteiger partial charge in [-0.1, -0.05) is 5.21 Å². The summed E-state index contributed by atoms with van der Waals surface area (Å²) in [6.07, 6.45) is 5.52. The first kappa shape index (κ1) is 12.9. The van der Waals surface area contributed by atoms with Crippen molar-refractivity contribution >= 4 is 5.91 Å². The summed E-state index contributed by atoms with van der Waals surface area (Å²) in [5.74, 6) is 1.53. The van der Waals surface area contributed by atoms with Crippen molar-refractivity contribution in [2.24, 2.45) is 0 Å². The molecule has 0 aromatic carbocycles. The lowest BCUT2D eigenvalue weighted by Crippen LogP contribution is -2.38. The smallest absolute Gasteiger partial charge is 0.257 e. The van der Waals surface area contributed by atoms with Crippen LogP contribution < -0.4 is 0 Å². The lowest BCUT2D eigenvalue weighted by Gasteiger charge is -2.24. The van der Waals surface area contributed by atoms with Crippen molar-refractivity contribution < 1.29 is 9.21 Å². The molecule has 1 saturated heterocycles. The van der Waals surface area contributed by atoms with E-state index >= 15 is 0 Å². The fourth-order valence-corrected chi connectivity index (χ4v) is 2.84.